The van der Waals surface area contributed by atoms with E-state index in [0.717, 1.165) is 16.7 Å². The number of carbonyl (C=O) groups is 1. The summed E-state index contributed by atoms with van der Waals surface area (Å²) in [5.74, 6) is -0.910. The third kappa shape index (κ3) is 2.18. The topological polar surface area (TPSA) is 50.2 Å². The van der Waals surface area contributed by atoms with Crippen molar-refractivity contribution < 1.29 is 9.90 Å². The maximum absolute atomic E-state index is 11.2. The van der Waals surface area contributed by atoms with Crippen molar-refractivity contribution in [3.05, 3.63) is 53.3 Å². The number of pyridine rings is 1. The fourth-order valence-corrected chi connectivity index (χ4v) is 1.82. The highest BCUT2D eigenvalue weighted by Crippen LogP contribution is 2.26. The van der Waals surface area contributed by atoms with E-state index in [9.17, 15) is 9.90 Å². The molecular weight excluding hydrogens is 214 g/mol. The van der Waals surface area contributed by atoms with Crippen LogP contribution in [0.1, 0.15) is 21.5 Å². The average molecular weight is 227 g/mol. The van der Waals surface area contributed by atoms with E-state index < -0.39 is 5.97 Å². The first-order valence-corrected chi connectivity index (χ1v) is 5.34. The van der Waals surface area contributed by atoms with Crippen LogP contribution < -0.4 is 0 Å². The van der Waals surface area contributed by atoms with Crippen LogP contribution in [0.3, 0.4) is 0 Å². The fraction of sp³-hybridized carbons (Fsp3) is 0.143. The minimum Gasteiger partial charge on any atom is -0.478 e. The van der Waals surface area contributed by atoms with E-state index in [-0.39, 0.29) is 0 Å². The first-order chi connectivity index (χ1) is 8.09. The lowest BCUT2D eigenvalue weighted by Gasteiger charge is -2.09. The Kier molecular flexibility index (Phi) is 2.91. The van der Waals surface area contributed by atoms with Crippen molar-refractivity contribution in [3.63, 3.8) is 0 Å². The molecule has 0 aliphatic carbocycles. The van der Waals surface area contributed by atoms with E-state index in [2.05, 4.69) is 4.98 Å². The summed E-state index contributed by atoms with van der Waals surface area (Å²) >= 11 is 0. The molecule has 0 fully saturated rings. The summed E-state index contributed by atoms with van der Waals surface area (Å²) < 4.78 is 0. The summed E-state index contributed by atoms with van der Waals surface area (Å²) in [5, 5.41) is 9.22. The molecule has 1 aromatic carbocycles. The number of aryl methyl sites for hydroxylation is 2. The van der Waals surface area contributed by atoms with Crippen LogP contribution in [0.25, 0.3) is 11.1 Å². The molecule has 0 bridgehead atoms. The van der Waals surface area contributed by atoms with Crippen molar-refractivity contribution in [1.29, 1.82) is 0 Å². The number of aromatic nitrogens is 1. The Hall–Kier alpha value is -2.16. The predicted octanol–water partition coefficient (Wildman–Crippen LogP) is 3.06. The molecule has 3 nitrogen and oxygen atoms in total. The molecule has 0 unspecified atom stereocenters. The molecule has 0 aliphatic heterocycles. The second kappa shape index (κ2) is 4.37. The van der Waals surface area contributed by atoms with Crippen molar-refractivity contribution >= 4 is 5.97 Å². The van der Waals surface area contributed by atoms with Gasteiger partial charge >= 0.3 is 5.97 Å². The Bertz CT molecular complexity index is 576. The maximum atomic E-state index is 11.2. The molecular formula is C14H13NO2. The molecule has 0 atom stereocenters. The van der Waals surface area contributed by atoms with Gasteiger partial charge in [0, 0.05) is 18.0 Å². The summed E-state index contributed by atoms with van der Waals surface area (Å²) in [6.07, 6.45) is 3.40. The molecule has 1 heterocycles. The van der Waals surface area contributed by atoms with Gasteiger partial charge in [-0.25, -0.2) is 4.79 Å². The highest BCUT2D eigenvalue weighted by molar-refractivity contribution is 5.96. The first-order valence-electron chi connectivity index (χ1n) is 5.34. The lowest BCUT2D eigenvalue weighted by molar-refractivity contribution is 0.0697. The Balaban J connectivity index is 2.68. The van der Waals surface area contributed by atoms with Crippen LogP contribution in [0, 0.1) is 13.8 Å². The van der Waals surface area contributed by atoms with Gasteiger partial charge in [0.25, 0.3) is 0 Å². The largest absolute Gasteiger partial charge is 0.478 e. The van der Waals surface area contributed by atoms with Gasteiger partial charge < -0.3 is 5.11 Å². The highest BCUT2D eigenvalue weighted by atomic mass is 16.4. The molecule has 1 N–H and O–H groups in total. The number of nitrogens with zero attached hydrogens (tertiary/aromatic N) is 1. The number of rotatable bonds is 2. The van der Waals surface area contributed by atoms with Gasteiger partial charge in [-0.2, -0.15) is 0 Å². The summed E-state index contributed by atoms with van der Waals surface area (Å²) in [4.78, 5) is 15.3. The van der Waals surface area contributed by atoms with Gasteiger partial charge in [0.1, 0.15) is 0 Å². The molecule has 2 rings (SSSR count). The molecule has 86 valence electrons. The Labute approximate surface area is 99.8 Å². The van der Waals surface area contributed by atoms with Crippen molar-refractivity contribution in [2.24, 2.45) is 0 Å². The van der Waals surface area contributed by atoms with Gasteiger partial charge in [-0.15, -0.1) is 0 Å². The van der Waals surface area contributed by atoms with Crippen molar-refractivity contribution in [3.8, 4) is 11.1 Å². The molecule has 0 saturated heterocycles. The maximum Gasteiger partial charge on any atom is 0.336 e. The number of carboxylic acid groups (broad SMARTS) is 1. The zero-order chi connectivity index (χ0) is 12.4. The normalized spacial score (nSPS) is 10.2. The van der Waals surface area contributed by atoms with E-state index in [4.69, 9.17) is 0 Å². The quantitative estimate of drug-likeness (QED) is 0.857. The van der Waals surface area contributed by atoms with Crippen molar-refractivity contribution in [2.45, 2.75) is 13.8 Å². The van der Waals surface area contributed by atoms with Crippen LogP contribution >= 0.6 is 0 Å². The van der Waals surface area contributed by atoms with E-state index in [1.54, 1.807) is 18.5 Å². The molecule has 1 aromatic heterocycles. The Morgan fingerprint density at radius 3 is 2.59 bits per heavy atom. The monoisotopic (exact) mass is 227 g/mol. The molecule has 0 radical (unpaired) electrons. The summed E-state index contributed by atoms with van der Waals surface area (Å²) in [5.41, 5.74) is 3.86. The SMILES string of the molecule is Cc1ccc(-c2cnccc2C)c(C(=O)O)c1. The fourth-order valence-electron chi connectivity index (χ4n) is 1.82. The predicted molar refractivity (Wildman–Crippen MR) is 66.1 cm³/mol. The van der Waals surface area contributed by atoms with E-state index in [1.165, 1.54) is 0 Å². The number of aromatic carboxylic acids is 1. The summed E-state index contributed by atoms with van der Waals surface area (Å²) in [7, 11) is 0. The van der Waals surface area contributed by atoms with Crippen LogP contribution in [-0.2, 0) is 0 Å². The van der Waals surface area contributed by atoms with Crippen molar-refractivity contribution in [1.82, 2.24) is 4.98 Å². The van der Waals surface area contributed by atoms with Gasteiger partial charge in [-0.1, -0.05) is 17.7 Å². The van der Waals surface area contributed by atoms with Crippen LogP contribution in [-0.4, -0.2) is 16.1 Å². The van der Waals surface area contributed by atoms with Gasteiger partial charge in [-0.3, -0.25) is 4.98 Å². The van der Waals surface area contributed by atoms with Gasteiger partial charge in [0.2, 0.25) is 0 Å². The molecule has 2 aromatic rings. The minimum absolute atomic E-state index is 0.320. The first kappa shape index (κ1) is 11.3. The third-order valence-electron chi connectivity index (χ3n) is 2.73. The van der Waals surface area contributed by atoms with Crippen LogP contribution in [0.5, 0.6) is 0 Å². The summed E-state index contributed by atoms with van der Waals surface area (Å²) in [6, 6.07) is 7.31. The lowest BCUT2D eigenvalue weighted by Crippen LogP contribution is -2.01. The lowest BCUT2D eigenvalue weighted by atomic mass is 9.96. The number of hydrogen-bond acceptors (Lipinski definition) is 2. The van der Waals surface area contributed by atoms with E-state index >= 15 is 0 Å². The standard InChI is InChI=1S/C14H13NO2/c1-9-3-4-11(12(7-9)14(16)17)13-8-15-6-5-10(13)2/h3-8H,1-2H3,(H,16,17). The van der Waals surface area contributed by atoms with Gasteiger partial charge in [-0.05, 0) is 37.1 Å². The highest BCUT2D eigenvalue weighted by Gasteiger charge is 2.13. The van der Waals surface area contributed by atoms with Crippen LogP contribution in [0.15, 0.2) is 36.7 Å². The zero-order valence-corrected chi connectivity index (χ0v) is 9.77. The van der Waals surface area contributed by atoms with Gasteiger partial charge in [0.05, 0.1) is 5.56 Å². The Morgan fingerprint density at radius 2 is 1.94 bits per heavy atom. The molecule has 0 spiro atoms. The smallest absolute Gasteiger partial charge is 0.336 e. The second-order valence-corrected chi connectivity index (χ2v) is 4.04. The van der Waals surface area contributed by atoms with E-state index in [0.29, 0.717) is 11.1 Å². The van der Waals surface area contributed by atoms with Crippen molar-refractivity contribution in [2.75, 3.05) is 0 Å². The van der Waals surface area contributed by atoms with Crippen LogP contribution in [0.2, 0.25) is 0 Å². The zero-order valence-electron chi connectivity index (χ0n) is 9.77. The Morgan fingerprint density at radius 1 is 1.18 bits per heavy atom. The molecule has 3 heteroatoms. The summed E-state index contributed by atoms with van der Waals surface area (Å²) in [6.45, 7) is 3.83. The van der Waals surface area contributed by atoms with Gasteiger partial charge in [0.15, 0.2) is 0 Å². The molecule has 0 aliphatic rings. The molecule has 0 saturated carbocycles. The average Bonchev–Trinajstić information content (AvgIpc) is 2.30. The molecule has 17 heavy (non-hydrogen) atoms. The minimum atomic E-state index is -0.910. The number of carboxylic acids is 1. The third-order valence-corrected chi connectivity index (χ3v) is 2.73. The molecule has 0 amide bonds. The second-order valence-electron chi connectivity index (χ2n) is 4.04. The number of benzene rings is 1. The van der Waals surface area contributed by atoms with Crippen LogP contribution in [0.4, 0.5) is 0 Å². The van der Waals surface area contributed by atoms with E-state index in [1.807, 2.05) is 32.0 Å². The number of hydrogen-bond donors (Lipinski definition) is 1.